The molecule has 1 atom stereocenters. The molecule has 2 saturated heterocycles. The minimum Gasteiger partial charge on any atom is -0.364 e. The summed E-state index contributed by atoms with van der Waals surface area (Å²) in [5.74, 6) is 1.43. The maximum atomic E-state index is 12.6. The van der Waals surface area contributed by atoms with E-state index < -0.39 is 10.0 Å². The van der Waals surface area contributed by atoms with Gasteiger partial charge in [-0.3, -0.25) is 4.99 Å². The number of nitrogens with one attached hydrogen (secondary N) is 1. The molecule has 1 unspecified atom stereocenters. The maximum Gasteiger partial charge on any atom is 0.220 e. The van der Waals surface area contributed by atoms with E-state index in [1.165, 1.54) is 38.6 Å². The zero-order chi connectivity index (χ0) is 20.3. The minimum atomic E-state index is -3.38. The molecule has 0 spiro atoms. The van der Waals surface area contributed by atoms with Gasteiger partial charge >= 0.3 is 0 Å². The Morgan fingerprint density at radius 3 is 2.69 bits per heavy atom. The Labute approximate surface area is 173 Å². The van der Waals surface area contributed by atoms with E-state index >= 15 is 0 Å². The Morgan fingerprint density at radius 2 is 2.03 bits per heavy atom. The number of aliphatic imine (C=N–C) groups is 1. The lowest BCUT2D eigenvalue weighted by atomic mass is 10.1. The highest BCUT2D eigenvalue weighted by Crippen LogP contribution is 2.31. The highest BCUT2D eigenvalue weighted by Gasteiger charge is 2.34. The minimum absolute atomic E-state index is 0.114. The van der Waals surface area contributed by atoms with Crippen molar-refractivity contribution in [2.45, 2.75) is 38.0 Å². The molecule has 0 radical (unpaired) electrons. The van der Waals surface area contributed by atoms with Crippen molar-refractivity contribution < 1.29 is 12.9 Å². The van der Waals surface area contributed by atoms with E-state index in [4.69, 9.17) is 9.52 Å². The van der Waals surface area contributed by atoms with Gasteiger partial charge in [-0.2, -0.15) is 4.31 Å². The van der Waals surface area contributed by atoms with E-state index in [-0.39, 0.29) is 5.75 Å². The fourth-order valence-electron chi connectivity index (χ4n) is 4.19. The van der Waals surface area contributed by atoms with Crippen LogP contribution in [0.5, 0.6) is 0 Å². The third kappa shape index (κ3) is 5.29. The topological polar surface area (TPSA) is 94.3 Å². The molecule has 1 saturated carbocycles. The van der Waals surface area contributed by atoms with Crippen LogP contribution in [0.4, 0.5) is 0 Å². The molecule has 9 nitrogen and oxygen atoms in total. The highest BCUT2D eigenvalue weighted by atomic mass is 32.2. The fraction of sp³-hybridized carbons (Fsp3) is 0.789. The Balaban J connectivity index is 1.30. The Hall–Kier alpha value is -1.65. The molecule has 1 N–H and O–H groups in total. The second-order valence-electron chi connectivity index (χ2n) is 8.21. The number of aromatic nitrogens is 1. The number of sulfonamides is 1. The number of rotatable bonds is 7. The lowest BCUT2D eigenvalue weighted by Crippen LogP contribution is -2.54. The Bertz CT molecular complexity index is 785. The lowest BCUT2D eigenvalue weighted by molar-refractivity contribution is 0.259. The quantitative estimate of drug-likeness (QED) is 0.505. The molecule has 3 heterocycles. The van der Waals surface area contributed by atoms with Crippen LogP contribution in [-0.2, 0) is 15.8 Å². The van der Waals surface area contributed by atoms with Gasteiger partial charge < -0.3 is 19.6 Å². The molecule has 0 bridgehead atoms. The van der Waals surface area contributed by atoms with E-state index in [9.17, 15) is 8.42 Å². The standard InChI is InChI=1S/C19H32N6O3S/c1-2-20-19(21-13-16-5-7-24(14-16)18-3-4-18)23-8-10-25(11-9-23)29(26,27)15-17-6-12-28-22-17/h6,12,16,18H,2-5,7-11,13-15H2,1H3,(H,20,21). The first-order valence-electron chi connectivity index (χ1n) is 10.7. The summed E-state index contributed by atoms with van der Waals surface area (Å²) in [4.78, 5) is 9.69. The van der Waals surface area contributed by atoms with Gasteiger partial charge in [0.25, 0.3) is 0 Å². The Morgan fingerprint density at radius 1 is 1.24 bits per heavy atom. The average Bonchev–Trinajstić information content (AvgIpc) is 3.24. The van der Waals surface area contributed by atoms with Gasteiger partial charge in [-0.1, -0.05) is 5.16 Å². The number of guanidine groups is 1. The monoisotopic (exact) mass is 424 g/mol. The van der Waals surface area contributed by atoms with E-state index in [1.54, 1.807) is 10.4 Å². The van der Waals surface area contributed by atoms with E-state index in [1.807, 2.05) is 0 Å². The average molecular weight is 425 g/mol. The number of likely N-dealkylation sites (tertiary alicyclic amines) is 1. The van der Waals surface area contributed by atoms with E-state index in [2.05, 4.69) is 27.2 Å². The molecule has 1 aromatic heterocycles. The zero-order valence-electron chi connectivity index (χ0n) is 17.2. The van der Waals surface area contributed by atoms with E-state index in [0.29, 0.717) is 37.8 Å². The van der Waals surface area contributed by atoms with Crippen molar-refractivity contribution in [3.63, 3.8) is 0 Å². The van der Waals surface area contributed by atoms with Crippen LogP contribution in [0.1, 0.15) is 31.9 Å². The first-order chi connectivity index (χ1) is 14.0. The highest BCUT2D eigenvalue weighted by molar-refractivity contribution is 7.88. The molecule has 0 aromatic carbocycles. The maximum absolute atomic E-state index is 12.6. The molecule has 4 rings (SSSR count). The van der Waals surface area contributed by atoms with Crippen molar-refractivity contribution in [1.82, 2.24) is 24.6 Å². The number of piperazine rings is 1. The zero-order valence-corrected chi connectivity index (χ0v) is 18.0. The summed E-state index contributed by atoms with van der Waals surface area (Å²) in [6, 6.07) is 2.43. The molecule has 2 aliphatic heterocycles. The fourth-order valence-corrected chi connectivity index (χ4v) is 5.62. The molecular formula is C19H32N6O3S. The van der Waals surface area contributed by atoms with Gasteiger partial charge in [-0.05, 0) is 38.6 Å². The molecule has 3 fully saturated rings. The van der Waals surface area contributed by atoms with Crippen molar-refractivity contribution in [3.8, 4) is 0 Å². The third-order valence-electron chi connectivity index (χ3n) is 5.97. The van der Waals surface area contributed by atoms with Crippen molar-refractivity contribution in [2.75, 3.05) is 52.4 Å². The summed E-state index contributed by atoms with van der Waals surface area (Å²) in [6.07, 6.45) is 5.36. The summed E-state index contributed by atoms with van der Waals surface area (Å²) < 4.78 is 31.5. The molecule has 1 aliphatic carbocycles. The number of hydrogen-bond donors (Lipinski definition) is 1. The molecule has 3 aliphatic rings. The van der Waals surface area contributed by atoms with Crippen molar-refractivity contribution in [3.05, 3.63) is 18.0 Å². The van der Waals surface area contributed by atoms with Crippen molar-refractivity contribution in [1.29, 1.82) is 0 Å². The summed E-state index contributed by atoms with van der Waals surface area (Å²) in [5.41, 5.74) is 0.444. The molecule has 29 heavy (non-hydrogen) atoms. The number of hydrogen-bond acceptors (Lipinski definition) is 6. The smallest absolute Gasteiger partial charge is 0.220 e. The first-order valence-corrected chi connectivity index (χ1v) is 12.3. The normalized spacial score (nSPS) is 24.9. The molecule has 162 valence electrons. The SMILES string of the molecule is CCNC(=NCC1CCN(C2CC2)C1)N1CCN(S(=O)(=O)Cc2ccon2)CC1. The van der Waals surface area contributed by atoms with Gasteiger partial charge in [0.1, 0.15) is 12.0 Å². The van der Waals surface area contributed by atoms with Gasteiger partial charge in [0, 0.05) is 57.9 Å². The van der Waals surface area contributed by atoms with Crippen LogP contribution in [0.15, 0.2) is 21.8 Å². The second kappa shape index (κ2) is 9.01. The van der Waals surface area contributed by atoms with Gasteiger partial charge in [-0.15, -0.1) is 0 Å². The summed E-state index contributed by atoms with van der Waals surface area (Å²) in [7, 11) is -3.38. The Kier molecular flexibility index (Phi) is 6.41. The van der Waals surface area contributed by atoms with Gasteiger partial charge in [0.15, 0.2) is 5.96 Å². The van der Waals surface area contributed by atoms with Crippen molar-refractivity contribution >= 4 is 16.0 Å². The summed E-state index contributed by atoms with van der Waals surface area (Å²) in [6.45, 7) is 8.31. The van der Waals surface area contributed by atoms with Crippen LogP contribution in [0.3, 0.4) is 0 Å². The largest absolute Gasteiger partial charge is 0.364 e. The van der Waals surface area contributed by atoms with Crippen LogP contribution in [-0.4, -0.2) is 92.0 Å². The number of nitrogens with zero attached hydrogens (tertiary/aromatic N) is 5. The van der Waals surface area contributed by atoms with Gasteiger partial charge in [0.05, 0.1) is 5.69 Å². The predicted octanol–water partition coefficient (Wildman–Crippen LogP) is 0.572. The third-order valence-corrected chi connectivity index (χ3v) is 7.78. The van der Waals surface area contributed by atoms with Crippen LogP contribution in [0, 0.1) is 5.92 Å². The van der Waals surface area contributed by atoms with Crippen LogP contribution in [0.2, 0.25) is 0 Å². The van der Waals surface area contributed by atoms with Gasteiger partial charge in [0.2, 0.25) is 10.0 Å². The van der Waals surface area contributed by atoms with Crippen molar-refractivity contribution in [2.24, 2.45) is 10.9 Å². The summed E-state index contributed by atoms with van der Waals surface area (Å²) in [5, 5.41) is 7.11. The molecule has 1 aromatic rings. The predicted molar refractivity (Wildman–Crippen MR) is 111 cm³/mol. The second-order valence-corrected chi connectivity index (χ2v) is 10.2. The van der Waals surface area contributed by atoms with Crippen LogP contribution < -0.4 is 5.32 Å². The molecule has 10 heteroatoms. The van der Waals surface area contributed by atoms with Gasteiger partial charge in [-0.25, -0.2) is 8.42 Å². The van der Waals surface area contributed by atoms with Crippen LogP contribution >= 0.6 is 0 Å². The molecular weight excluding hydrogens is 392 g/mol. The van der Waals surface area contributed by atoms with E-state index in [0.717, 1.165) is 25.1 Å². The molecule has 0 amide bonds. The first kappa shape index (κ1) is 20.6. The lowest BCUT2D eigenvalue weighted by Gasteiger charge is -2.35. The van der Waals surface area contributed by atoms with Crippen LogP contribution in [0.25, 0.3) is 0 Å². The summed E-state index contributed by atoms with van der Waals surface area (Å²) >= 11 is 0.